The molecule has 0 aliphatic rings. The maximum atomic E-state index is 10.9. The number of carbonyl (C=O) groups is 2. The van der Waals surface area contributed by atoms with Gasteiger partial charge in [-0.2, -0.15) is 0 Å². The molecule has 12 heavy (non-hydrogen) atoms. The van der Waals surface area contributed by atoms with Gasteiger partial charge in [-0.25, -0.2) is 0 Å². The Labute approximate surface area is 71.0 Å². The van der Waals surface area contributed by atoms with Crippen molar-refractivity contribution in [3.8, 4) is 0 Å². The predicted octanol–water partition coefficient (Wildman–Crippen LogP) is -0.690. The van der Waals surface area contributed by atoms with Crippen LogP contribution in [0.25, 0.3) is 0 Å². The van der Waals surface area contributed by atoms with Gasteiger partial charge in [-0.3, -0.25) is 9.59 Å². The highest BCUT2D eigenvalue weighted by molar-refractivity contribution is 5.82. The highest BCUT2D eigenvalue weighted by Gasteiger charge is 2.20. The van der Waals surface area contributed by atoms with Crippen molar-refractivity contribution in [2.45, 2.75) is 12.5 Å². The van der Waals surface area contributed by atoms with Crippen LogP contribution in [0, 0.1) is 0 Å². The fourth-order valence-corrected chi connectivity index (χ4v) is 0.696. The minimum Gasteiger partial charge on any atom is -0.469 e. The second kappa shape index (κ2) is 5.54. The molecule has 0 aliphatic heterocycles. The summed E-state index contributed by atoms with van der Waals surface area (Å²) in [4.78, 5) is 21.6. The third-order valence-electron chi connectivity index (χ3n) is 1.43. The third kappa shape index (κ3) is 3.34. The van der Waals surface area contributed by atoms with Gasteiger partial charge in [-0.05, 0) is 7.05 Å². The number of methoxy groups -OCH3 is 2. The van der Waals surface area contributed by atoms with E-state index in [1.165, 1.54) is 14.2 Å². The molecule has 0 heterocycles. The van der Waals surface area contributed by atoms with Gasteiger partial charge in [0.1, 0.15) is 6.04 Å². The van der Waals surface area contributed by atoms with E-state index in [9.17, 15) is 9.59 Å². The summed E-state index contributed by atoms with van der Waals surface area (Å²) in [6.07, 6.45) is -0.0142. The molecule has 0 saturated carbocycles. The van der Waals surface area contributed by atoms with E-state index in [2.05, 4.69) is 14.8 Å². The Kier molecular flexibility index (Phi) is 5.03. The number of carbonyl (C=O) groups excluding carboxylic acids is 2. The van der Waals surface area contributed by atoms with Crippen molar-refractivity contribution in [1.82, 2.24) is 5.32 Å². The average molecular weight is 175 g/mol. The van der Waals surface area contributed by atoms with Gasteiger partial charge >= 0.3 is 11.9 Å². The first-order valence-electron chi connectivity index (χ1n) is 3.47. The maximum Gasteiger partial charge on any atom is 0.323 e. The Morgan fingerprint density at radius 1 is 1.33 bits per heavy atom. The SMILES string of the molecule is CN[C@@H](CC(=O)OC)C(=O)OC. The highest BCUT2D eigenvalue weighted by Crippen LogP contribution is 1.95. The first-order chi connectivity index (χ1) is 5.65. The van der Waals surface area contributed by atoms with Crippen LogP contribution in [0.1, 0.15) is 6.42 Å². The number of hydrogen-bond acceptors (Lipinski definition) is 5. The molecule has 1 N–H and O–H groups in total. The van der Waals surface area contributed by atoms with Crippen LogP contribution in [0.15, 0.2) is 0 Å². The molecule has 0 aromatic rings. The molecule has 0 radical (unpaired) electrons. The number of rotatable bonds is 4. The summed E-state index contributed by atoms with van der Waals surface area (Å²) < 4.78 is 8.83. The molecular weight excluding hydrogens is 162 g/mol. The Morgan fingerprint density at radius 2 is 1.92 bits per heavy atom. The van der Waals surface area contributed by atoms with Crippen LogP contribution in [-0.4, -0.2) is 39.2 Å². The summed E-state index contributed by atoms with van der Waals surface area (Å²) in [6, 6.07) is -0.623. The van der Waals surface area contributed by atoms with Gasteiger partial charge in [-0.1, -0.05) is 0 Å². The molecular formula is C7H13NO4. The minimum atomic E-state index is -0.623. The number of nitrogens with one attached hydrogen (secondary N) is 1. The molecule has 0 saturated heterocycles. The number of esters is 2. The quantitative estimate of drug-likeness (QED) is 0.573. The van der Waals surface area contributed by atoms with Crippen molar-refractivity contribution in [2.24, 2.45) is 0 Å². The number of likely N-dealkylation sites (N-methyl/N-ethyl adjacent to an activating group) is 1. The van der Waals surface area contributed by atoms with Crippen LogP contribution in [0.2, 0.25) is 0 Å². The first kappa shape index (κ1) is 10.9. The molecule has 5 nitrogen and oxygen atoms in total. The molecule has 0 rings (SSSR count). The molecule has 70 valence electrons. The van der Waals surface area contributed by atoms with Crippen molar-refractivity contribution in [2.75, 3.05) is 21.3 Å². The monoisotopic (exact) mass is 175 g/mol. The third-order valence-corrected chi connectivity index (χ3v) is 1.43. The lowest BCUT2D eigenvalue weighted by atomic mass is 10.2. The van der Waals surface area contributed by atoms with Crippen molar-refractivity contribution in [3.05, 3.63) is 0 Å². The van der Waals surface area contributed by atoms with E-state index in [1.54, 1.807) is 7.05 Å². The molecule has 0 bridgehead atoms. The summed E-state index contributed by atoms with van der Waals surface area (Å²) >= 11 is 0. The summed E-state index contributed by atoms with van der Waals surface area (Å²) in [6.45, 7) is 0. The Bertz CT molecular complexity index is 169. The molecule has 0 amide bonds. The molecule has 1 atom stereocenters. The summed E-state index contributed by atoms with van der Waals surface area (Å²) in [5, 5.41) is 2.64. The zero-order valence-electron chi connectivity index (χ0n) is 7.42. The van der Waals surface area contributed by atoms with Crippen molar-refractivity contribution in [1.29, 1.82) is 0 Å². The van der Waals surface area contributed by atoms with Gasteiger partial charge < -0.3 is 14.8 Å². The zero-order valence-corrected chi connectivity index (χ0v) is 7.42. The first-order valence-corrected chi connectivity index (χ1v) is 3.47. The summed E-state index contributed by atoms with van der Waals surface area (Å²) in [5.41, 5.74) is 0. The van der Waals surface area contributed by atoms with Crippen LogP contribution in [0.3, 0.4) is 0 Å². The molecule has 0 spiro atoms. The van der Waals surface area contributed by atoms with E-state index in [0.717, 1.165) is 0 Å². The van der Waals surface area contributed by atoms with Crippen LogP contribution in [-0.2, 0) is 19.1 Å². The number of hydrogen-bond donors (Lipinski definition) is 1. The van der Waals surface area contributed by atoms with Gasteiger partial charge in [0.05, 0.1) is 20.6 Å². The van der Waals surface area contributed by atoms with E-state index in [-0.39, 0.29) is 6.42 Å². The lowest BCUT2D eigenvalue weighted by molar-refractivity contribution is -0.149. The molecule has 5 heteroatoms. The van der Waals surface area contributed by atoms with E-state index >= 15 is 0 Å². The minimum absolute atomic E-state index is 0.0142. The predicted molar refractivity (Wildman–Crippen MR) is 41.5 cm³/mol. The standard InChI is InChI=1S/C7H13NO4/c1-8-5(7(10)12-3)4-6(9)11-2/h5,8H,4H2,1-3H3/t5-/m0/s1. The van der Waals surface area contributed by atoms with Gasteiger partial charge in [0.15, 0.2) is 0 Å². The zero-order chi connectivity index (χ0) is 9.56. The summed E-state index contributed by atoms with van der Waals surface area (Å²) in [7, 11) is 4.11. The lowest BCUT2D eigenvalue weighted by Crippen LogP contribution is -2.37. The van der Waals surface area contributed by atoms with Gasteiger partial charge in [0.2, 0.25) is 0 Å². The van der Waals surface area contributed by atoms with Crippen LogP contribution in [0.5, 0.6) is 0 Å². The van der Waals surface area contributed by atoms with Crippen LogP contribution >= 0.6 is 0 Å². The molecule has 0 aromatic heterocycles. The largest absolute Gasteiger partial charge is 0.469 e. The smallest absolute Gasteiger partial charge is 0.323 e. The fraction of sp³-hybridized carbons (Fsp3) is 0.714. The maximum absolute atomic E-state index is 10.9. The second-order valence-corrected chi connectivity index (χ2v) is 2.14. The Balaban J connectivity index is 3.99. The fourth-order valence-electron chi connectivity index (χ4n) is 0.696. The van der Waals surface area contributed by atoms with E-state index in [1.807, 2.05) is 0 Å². The Morgan fingerprint density at radius 3 is 2.25 bits per heavy atom. The second-order valence-electron chi connectivity index (χ2n) is 2.14. The summed E-state index contributed by atoms with van der Waals surface area (Å²) in [5.74, 6) is -0.914. The van der Waals surface area contributed by atoms with E-state index < -0.39 is 18.0 Å². The molecule has 0 fully saturated rings. The average Bonchev–Trinajstić information content (AvgIpc) is 2.12. The highest BCUT2D eigenvalue weighted by atomic mass is 16.5. The van der Waals surface area contributed by atoms with Crippen LogP contribution in [0.4, 0.5) is 0 Å². The lowest BCUT2D eigenvalue weighted by Gasteiger charge is -2.11. The van der Waals surface area contributed by atoms with Crippen molar-refractivity contribution < 1.29 is 19.1 Å². The molecule has 0 unspecified atom stereocenters. The van der Waals surface area contributed by atoms with Gasteiger partial charge in [0.25, 0.3) is 0 Å². The number of ether oxygens (including phenoxy) is 2. The van der Waals surface area contributed by atoms with Gasteiger partial charge in [0, 0.05) is 0 Å². The van der Waals surface area contributed by atoms with E-state index in [0.29, 0.717) is 0 Å². The van der Waals surface area contributed by atoms with Crippen molar-refractivity contribution in [3.63, 3.8) is 0 Å². The van der Waals surface area contributed by atoms with Gasteiger partial charge in [-0.15, -0.1) is 0 Å². The molecule has 0 aliphatic carbocycles. The topological polar surface area (TPSA) is 64.6 Å². The van der Waals surface area contributed by atoms with Crippen molar-refractivity contribution >= 4 is 11.9 Å². The van der Waals surface area contributed by atoms with E-state index in [4.69, 9.17) is 0 Å². The normalized spacial score (nSPS) is 11.9. The Hall–Kier alpha value is -1.10. The molecule has 0 aromatic carbocycles. The van der Waals surface area contributed by atoms with Crippen LogP contribution < -0.4 is 5.32 Å².